The van der Waals surface area contributed by atoms with Crippen molar-refractivity contribution in [3.05, 3.63) is 30.3 Å². The maximum Gasteiger partial charge on any atom is 0.265 e. The molecule has 0 atom stereocenters. The van der Waals surface area contributed by atoms with Crippen LogP contribution in [-0.4, -0.2) is 31.2 Å². The molecule has 17 heavy (non-hydrogen) atoms. The van der Waals surface area contributed by atoms with Gasteiger partial charge in [0, 0.05) is 0 Å². The van der Waals surface area contributed by atoms with E-state index in [0.717, 1.165) is 5.06 Å². The van der Waals surface area contributed by atoms with Gasteiger partial charge in [0.15, 0.2) is 0 Å². The van der Waals surface area contributed by atoms with Gasteiger partial charge in [-0.05, 0) is 17.3 Å². The molecular formula is C10H15N5O2. The fourth-order valence-corrected chi connectivity index (χ4v) is 1.12. The van der Waals surface area contributed by atoms with Crippen LogP contribution < -0.4 is 11.5 Å². The predicted octanol–water partition coefficient (Wildman–Crippen LogP) is 0.372. The second-order valence-electron chi connectivity index (χ2n) is 2.91. The lowest BCUT2D eigenvalue weighted by molar-refractivity contribution is -0.00594. The first-order valence-corrected chi connectivity index (χ1v) is 4.79. The number of oxime groups is 1. The second-order valence-corrected chi connectivity index (χ2v) is 2.91. The van der Waals surface area contributed by atoms with Crippen molar-refractivity contribution in [3.63, 3.8) is 0 Å². The Kier molecular flexibility index (Phi) is 4.77. The van der Waals surface area contributed by atoms with Gasteiger partial charge in [0.25, 0.3) is 5.96 Å². The van der Waals surface area contributed by atoms with E-state index in [1.807, 2.05) is 18.2 Å². The van der Waals surface area contributed by atoms with Crippen molar-refractivity contribution in [3.8, 4) is 0 Å². The number of nitrogens with two attached hydrogens (primary N) is 2. The lowest BCUT2D eigenvalue weighted by Crippen LogP contribution is -2.45. The second kappa shape index (κ2) is 6.33. The molecule has 4 N–H and O–H groups in total. The molecule has 0 aliphatic carbocycles. The monoisotopic (exact) mass is 237 g/mol. The lowest BCUT2D eigenvalue weighted by atomic mass is 10.3. The zero-order chi connectivity index (χ0) is 12.7. The van der Waals surface area contributed by atoms with Gasteiger partial charge < -0.3 is 16.3 Å². The average Bonchev–Trinajstić information content (AvgIpc) is 2.31. The zero-order valence-corrected chi connectivity index (χ0v) is 9.70. The summed E-state index contributed by atoms with van der Waals surface area (Å²) in [6, 6.07) is 9.16. The van der Waals surface area contributed by atoms with Crippen LogP contribution in [0.2, 0.25) is 0 Å². The normalized spacial score (nSPS) is 12.4. The first kappa shape index (κ1) is 12.8. The summed E-state index contributed by atoms with van der Waals surface area (Å²) < 4.78 is 0. The molecule has 7 nitrogen and oxygen atoms in total. The predicted molar refractivity (Wildman–Crippen MR) is 65.2 cm³/mol. The molecule has 0 unspecified atom stereocenters. The van der Waals surface area contributed by atoms with Crippen molar-refractivity contribution >= 4 is 17.6 Å². The summed E-state index contributed by atoms with van der Waals surface area (Å²) in [5.41, 5.74) is 12.0. The molecule has 7 heteroatoms. The van der Waals surface area contributed by atoms with E-state index in [1.165, 1.54) is 14.2 Å². The fourth-order valence-electron chi connectivity index (χ4n) is 1.12. The van der Waals surface area contributed by atoms with Crippen molar-refractivity contribution in [2.24, 2.45) is 21.6 Å². The van der Waals surface area contributed by atoms with Crippen LogP contribution >= 0.6 is 0 Å². The van der Waals surface area contributed by atoms with Crippen LogP contribution in [0.15, 0.2) is 40.5 Å². The number of hydrogen-bond donors (Lipinski definition) is 2. The van der Waals surface area contributed by atoms with Crippen LogP contribution in [0.5, 0.6) is 0 Å². The molecule has 0 aromatic heterocycles. The Bertz CT molecular complexity index is 404. The Morgan fingerprint density at radius 3 is 2.29 bits per heavy atom. The van der Waals surface area contributed by atoms with E-state index in [0.29, 0.717) is 5.69 Å². The Balaban J connectivity index is 2.90. The third kappa shape index (κ3) is 3.65. The van der Waals surface area contributed by atoms with E-state index in [-0.39, 0.29) is 11.9 Å². The highest BCUT2D eigenvalue weighted by molar-refractivity contribution is 5.96. The van der Waals surface area contributed by atoms with E-state index >= 15 is 0 Å². The van der Waals surface area contributed by atoms with Crippen LogP contribution in [0.1, 0.15) is 0 Å². The zero-order valence-electron chi connectivity index (χ0n) is 9.70. The molecule has 1 aromatic rings. The van der Waals surface area contributed by atoms with Gasteiger partial charge >= 0.3 is 0 Å². The SMILES string of the molecule is CON=C(N)N(OC)C(N)=Nc1ccccc1. The number of hydrogen-bond acceptors (Lipinski definition) is 4. The van der Waals surface area contributed by atoms with E-state index in [9.17, 15) is 0 Å². The van der Waals surface area contributed by atoms with Crippen molar-refractivity contribution in [2.45, 2.75) is 0 Å². The summed E-state index contributed by atoms with van der Waals surface area (Å²) in [5.74, 6) is 0.00387. The van der Waals surface area contributed by atoms with E-state index < -0.39 is 0 Å². The van der Waals surface area contributed by atoms with Gasteiger partial charge in [-0.25, -0.2) is 4.99 Å². The van der Waals surface area contributed by atoms with Crippen LogP contribution in [0, 0.1) is 0 Å². The minimum absolute atomic E-state index is 0.0489. The van der Waals surface area contributed by atoms with Crippen LogP contribution in [0.4, 0.5) is 5.69 Å². The smallest absolute Gasteiger partial charge is 0.265 e. The molecule has 0 aliphatic heterocycles. The topological polar surface area (TPSA) is 98.5 Å². The van der Waals surface area contributed by atoms with Gasteiger partial charge in [-0.15, -0.1) is 0 Å². The lowest BCUT2D eigenvalue weighted by Gasteiger charge is -2.17. The number of hydroxylamine groups is 2. The number of guanidine groups is 2. The maximum absolute atomic E-state index is 5.73. The summed E-state index contributed by atoms with van der Waals surface area (Å²) >= 11 is 0. The Morgan fingerprint density at radius 2 is 1.76 bits per heavy atom. The van der Waals surface area contributed by atoms with E-state index in [1.54, 1.807) is 12.1 Å². The third-order valence-electron chi connectivity index (χ3n) is 1.78. The average molecular weight is 237 g/mol. The van der Waals surface area contributed by atoms with Crippen molar-refractivity contribution in [1.29, 1.82) is 0 Å². The molecule has 0 saturated heterocycles. The summed E-state index contributed by atoms with van der Waals surface area (Å²) in [4.78, 5) is 13.6. The molecular weight excluding hydrogens is 222 g/mol. The quantitative estimate of drug-likeness (QED) is 0.449. The van der Waals surface area contributed by atoms with Crippen molar-refractivity contribution in [1.82, 2.24) is 5.06 Å². The number of rotatable bonds is 3. The number of nitrogens with zero attached hydrogens (tertiary/aromatic N) is 3. The van der Waals surface area contributed by atoms with Crippen LogP contribution in [-0.2, 0) is 9.68 Å². The molecule has 1 aromatic carbocycles. The van der Waals surface area contributed by atoms with Gasteiger partial charge in [-0.2, -0.15) is 5.06 Å². The third-order valence-corrected chi connectivity index (χ3v) is 1.78. The number of para-hydroxylation sites is 1. The Morgan fingerprint density at radius 1 is 1.12 bits per heavy atom. The first-order chi connectivity index (χ1) is 8.19. The molecule has 0 fully saturated rings. The number of aliphatic imine (C=N–C) groups is 1. The molecule has 92 valence electrons. The molecule has 0 amide bonds. The standard InChI is InChI=1S/C10H15N5O2/c1-16-14-10(12)15(17-2)9(11)13-8-6-4-3-5-7-8/h3-7H,1-2H3,(H2,11,13)(H2,12,14). The summed E-state index contributed by atoms with van der Waals surface area (Å²) in [5, 5.41) is 4.55. The van der Waals surface area contributed by atoms with Crippen LogP contribution in [0.25, 0.3) is 0 Å². The molecule has 0 bridgehead atoms. The molecule has 0 spiro atoms. The summed E-state index contributed by atoms with van der Waals surface area (Å²) in [6.45, 7) is 0. The van der Waals surface area contributed by atoms with E-state index in [4.69, 9.17) is 16.3 Å². The highest BCUT2D eigenvalue weighted by Crippen LogP contribution is 2.10. The molecule has 0 heterocycles. The first-order valence-electron chi connectivity index (χ1n) is 4.79. The van der Waals surface area contributed by atoms with Gasteiger partial charge in [-0.3, -0.25) is 4.84 Å². The largest absolute Gasteiger partial charge is 0.396 e. The number of benzene rings is 1. The Hall–Kier alpha value is -2.28. The minimum Gasteiger partial charge on any atom is -0.396 e. The summed E-state index contributed by atoms with van der Waals surface area (Å²) in [6.07, 6.45) is 0. The molecule has 0 radical (unpaired) electrons. The highest BCUT2D eigenvalue weighted by Gasteiger charge is 2.12. The Labute approximate surface area is 99.3 Å². The van der Waals surface area contributed by atoms with Crippen molar-refractivity contribution in [2.75, 3.05) is 14.2 Å². The molecule has 0 aliphatic rings. The summed E-state index contributed by atoms with van der Waals surface area (Å²) in [7, 11) is 2.76. The molecule has 0 saturated carbocycles. The molecule has 1 rings (SSSR count). The van der Waals surface area contributed by atoms with Gasteiger partial charge in [0.05, 0.1) is 12.8 Å². The van der Waals surface area contributed by atoms with E-state index in [2.05, 4.69) is 15.0 Å². The fraction of sp³-hybridized carbons (Fsp3) is 0.200. The van der Waals surface area contributed by atoms with Gasteiger partial charge in [0.2, 0.25) is 5.96 Å². The highest BCUT2D eigenvalue weighted by atomic mass is 16.7. The maximum atomic E-state index is 5.73. The van der Waals surface area contributed by atoms with Gasteiger partial charge in [0.1, 0.15) is 7.11 Å². The minimum atomic E-state index is -0.0489. The van der Waals surface area contributed by atoms with Gasteiger partial charge in [-0.1, -0.05) is 18.2 Å². The van der Waals surface area contributed by atoms with Crippen LogP contribution in [0.3, 0.4) is 0 Å². The van der Waals surface area contributed by atoms with Crippen molar-refractivity contribution < 1.29 is 9.68 Å².